The van der Waals surface area contributed by atoms with Gasteiger partial charge in [0.05, 0.1) is 26.4 Å². The topological polar surface area (TPSA) is 237 Å². The smallest absolute Gasteiger partial charge is 0.462 e. The van der Waals surface area contributed by atoms with Crippen molar-refractivity contribution < 1.29 is 80.2 Å². The van der Waals surface area contributed by atoms with E-state index in [1.165, 1.54) is 205 Å². The average molecular weight is 1400 g/mol. The highest BCUT2D eigenvalue weighted by Crippen LogP contribution is 2.45. The van der Waals surface area contributed by atoms with E-state index in [1.807, 2.05) is 0 Å². The number of phosphoric acid groups is 2. The number of esters is 4. The Hall–Kier alpha value is -1.94. The summed E-state index contributed by atoms with van der Waals surface area (Å²) in [6.45, 7) is 9.49. The number of hydrogen-bond acceptors (Lipinski definition) is 15. The van der Waals surface area contributed by atoms with Crippen LogP contribution in [0.2, 0.25) is 0 Å². The van der Waals surface area contributed by atoms with Crippen molar-refractivity contribution in [1.29, 1.82) is 0 Å². The molecular formula is C76H148O17P2. The quantitative estimate of drug-likeness (QED) is 0.0222. The molecule has 564 valence electrons. The lowest BCUT2D eigenvalue weighted by atomic mass is 10.0. The second kappa shape index (κ2) is 67.9. The number of carbonyl (C=O) groups excluding carboxylic acids is 4. The average Bonchev–Trinajstić information content (AvgIpc) is 1.98. The molecule has 0 aliphatic rings. The van der Waals surface area contributed by atoms with E-state index >= 15 is 0 Å². The lowest BCUT2D eigenvalue weighted by Crippen LogP contribution is -2.30. The van der Waals surface area contributed by atoms with Gasteiger partial charge in [0.15, 0.2) is 12.2 Å². The zero-order valence-electron chi connectivity index (χ0n) is 62.0. The minimum absolute atomic E-state index is 0.104. The highest BCUT2D eigenvalue weighted by molar-refractivity contribution is 7.47. The van der Waals surface area contributed by atoms with Gasteiger partial charge in [0.25, 0.3) is 0 Å². The number of ether oxygens (including phenoxy) is 4. The van der Waals surface area contributed by atoms with E-state index in [4.69, 9.17) is 37.0 Å². The fourth-order valence-corrected chi connectivity index (χ4v) is 13.2. The van der Waals surface area contributed by atoms with Gasteiger partial charge in [-0.25, -0.2) is 9.13 Å². The summed E-state index contributed by atoms with van der Waals surface area (Å²) in [5.41, 5.74) is 0. The van der Waals surface area contributed by atoms with Crippen LogP contribution in [0, 0.1) is 11.8 Å². The van der Waals surface area contributed by atoms with Crippen molar-refractivity contribution in [1.82, 2.24) is 0 Å². The maximum Gasteiger partial charge on any atom is 0.472 e. The molecule has 0 aliphatic carbocycles. The fourth-order valence-electron chi connectivity index (χ4n) is 11.7. The molecule has 0 fully saturated rings. The lowest BCUT2D eigenvalue weighted by molar-refractivity contribution is -0.161. The van der Waals surface area contributed by atoms with Crippen molar-refractivity contribution in [3.63, 3.8) is 0 Å². The van der Waals surface area contributed by atoms with E-state index in [9.17, 15) is 43.2 Å². The Morgan fingerprint density at radius 3 is 0.716 bits per heavy atom. The SMILES string of the molecule is CCCCCCCCCCCCCCCCCCCCCCCCC(=O)O[C@H](COC(=O)CCCCCCCCCCCCCC)COP(=O)(O)OC[C@@H](O)COP(=O)(O)OC[C@@H](COC(=O)CCCCCCCCCC(C)C)OC(=O)CCCCCCCCCCC(C)C. The van der Waals surface area contributed by atoms with Crippen molar-refractivity contribution >= 4 is 39.5 Å². The second-order valence-corrected chi connectivity index (χ2v) is 31.3. The molecule has 2 unspecified atom stereocenters. The molecule has 0 radical (unpaired) electrons. The van der Waals surface area contributed by atoms with Crippen molar-refractivity contribution in [2.45, 2.75) is 413 Å². The summed E-state index contributed by atoms with van der Waals surface area (Å²) in [5, 5.41) is 10.6. The van der Waals surface area contributed by atoms with Crippen LogP contribution in [0.1, 0.15) is 395 Å². The van der Waals surface area contributed by atoms with Crippen molar-refractivity contribution in [3.05, 3.63) is 0 Å². The predicted octanol–water partition coefficient (Wildman–Crippen LogP) is 22.3. The third kappa shape index (κ3) is 70.3. The lowest BCUT2D eigenvalue weighted by Gasteiger charge is -2.21. The van der Waals surface area contributed by atoms with E-state index < -0.39 is 97.5 Å². The molecule has 0 heterocycles. The van der Waals surface area contributed by atoms with Crippen LogP contribution in [-0.2, 0) is 65.4 Å². The second-order valence-electron chi connectivity index (χ2n) is 28.3. The Morgan fingerprint density at radius 2 is 0.484 bits per heavy atom. The number of aliphatic hydroxyl groups is 1. The molecule has 0 spiro atoms. The van der Waals surface area contributed by atoms with E-state index in [2.05, 4.69) is 41.5 Å². The van der Waals surface area contributed by atoms with Gasteiger partial charge in [-0.1, -0.05) is 343 Å². The zero-order valence-corrected chi connectivity index (χ0v) is 63.8. The van der Waals surface area contributed by atoms with Gasteiger partial charge in [-0.3, -0.25) is 37.3 Å². The summed E-state index contributed by atoms with van der Waals surface area (Å²) >= 11 is 0. The van der Waals surface area contributed by atoms with Crippen LogP contribution in [0.25, 0.3) is 0 Å². The Labute approximate surface area is 581 Å². The van der Waals surface area contributed by atoms with Gasteiger partial charge in [0, 0.05) is 25.7 Å². The number of hydrogen-bond donors (Lipinski definition) is 3. The van der Waals surface area contributed by atoms with Gasteiger partial charge in [-0.05, 0) is 37.5 Å². The number of carbonyl (C=O) groups is 4. The molecule has 3 N–H and O–H groups in total. The normalized spacial score (nSPS) is 14.0. The van der Waals surface area contributed by atoms with Crippen molar-refractivity contribution in [2.75, 3.05) is 39.6 Å². The number of rotatable bonds is 75. The van der Waals surface area contributed by atoms with E-state index in [0.29, 0.717) is 31.6 Å². The summed E-state index contributed by atoms with van der Waals surface area (Å²) in [6, 6.07) is 0. The Balaban J connectivity index is 5.17. The first-order chi connectivity index (χ1) is 45.9. The predicted molar refractivity (Wildman–Crippen MR) is 386 cm³/mol. The Bertz CT molecular complexity index is 1840. The highest BCUT2D eigenvalue weighted by Gasteiger charge is 2.30. The van der Waals surface area contributed by atoms with Gasteiger partial charge in [-0.15, -0.1) is 0 Å². The molecule has 0 saturated carbocycles. The summed E-state index contributed by atoms with van der Waals surface area (Å²) < 4.78 is 68.4. The summed E-state index contributed by atoms with van der Waals surface area (Å²) in [6.07, 6.45) is 55.8. The van der Waals surface area contributed by atoms with Gasteiger partial charge in [0.1, 0.15) is 19.3 Å². The van der Waals surface area contributed by atoms with Crippen molar-refractivity contribution in [2.24, 2.45) is 11.8 Å². The third-order valence-electron chi connectivity index (χ3n) is 17.7. The van der Waals surface area contributed by atoms with Crippen LogP contribution in [-0.4, -0.2) is 96.7 Å². The van der Waals surface area contributed by atoms with Crippen LogP contribution in [0.4, 0.5) is 0 Å². The van der Waals surface area contributed by atoms with E-state index in [1.54, 1.807) is 0 Å². The van der Waals surface area contributed by atoms with Crippen LogP contribution < -0.4 is 0 Å². The standard InChI is InChI=1S/C76H148O17P2/c1-7-9-11-13-15-17-19-21-22-23-24-25-26-27-28-29-30-32-34-41-48-54-60-75(80)92-71(64-86-73(78)58-52-46-40-33-31-20-18-16-14-12-10-8-2)66-90-94(82,83)88-62-70(77)63-89-95(84,85)91-67-72(65-87-74(79)59-53-47-43-37-39-45-51-57-69(5)6)93-76(81)61-55-49-42-36-35-38-44-50-56-68(3)4/h68-72,77H,7-67H2,1-6H3,(H,82,83)(H,84,85)/t70-,71-,72-/m1/s1. The molecule has 19 heteroatoms. The molecule has 0 saturated heterocycles. The Kier molecular flexibility index (Phi) is 66.5. The molecule has 5 atom stereocenters. The van der Waals surface area contributed by atoms with Gasteiger partial charge in [0.2, 0.25) is 0 Å². The molecule has 0 aromatic carbocycles. The van der Waals surface area contributed by atoms with E-state index in [-0.39, 0.29) is 25.7 Å². The molecule has 95 heavy (non-hydrogen) atoms. The van der Waals surface area contributed by atoms with Crippen LogP contribution in [0.15, 0.2) is 0 Å². The molecule has 0 rings (SSSR count). The third-order valence-corrected chi connectivity index (χ3v) is 19.6. The Morgan fingerprint density at radius 1 is 0.284 bits per heavy atom. The molecule has 0 aromatic heterocycles. The first-order valence-electron chi connectivity index (χ1n) is 39.5. The zero-order chi connectivity index (χ0) is 70.0. The van der Waals surface area contributed by atoms with E-state index in [0.717, 1.165) is 102 Å². The van der Waals surface area contributed by atoms with Gasteiger partial charge < -0.3 is 33.8 Å². The molecular weight excluding hydrogens is 1250 g/mol. The fraction of sp³-hybridized carbons (Fsp3) is 0.947. The number of phosphoric ester groups is 2. The van der Waals surface area contributed by atoms with Gasteiger partial charge in [-0.2, -0.15) is 0 Å². The minimum atomic E-state index is -4.96. The molecule has 0 bridgehead atoms. The highest BCUT2D eigenvalue weighted by atomic mass is 31.2. The number of aliphatic hydroxyl groups excluding tert-OH is 1. The monoisotopic (exact) mass is 1400 g/mol. The first kappa shape index (κ1) is 93.1. The summed E-state index contributed by atoms with van der Waals surface area (Å²) in [5.74, 6) is -0.697. The van der Waals surface area contributed by atoms with Crippen LogP contribution in [0.5, 0.6) is 0 Å². The molecule has 17 nitrogen and oxygen atoms in total. The maximum atomic E-state index is 13.1. The minimum Gasteiger partial charge on any atom is -0.462 e. The van der Waals surface area contributed by atoms with Gasteiger partial charge >= 0.3 is 39.5 Å². The first-order valence-corrected chi connectivity index (χ1v) is 42.5. The summed E-state index contributed by atoms with van der Waals surface area (Å²) in [4.78, 5) is 72.7. The van der Waals surface area contributed by atoms with Crippen molar-refractivity contribution in [3.8, 4) is 0 Å². The summed E-state index contributed by atoms with van der Waals surface area (Å²) in [7, 11) is -9.91. The molecule has 0 amide bonds. The van der Waals surface area contributed by atoms with Crippen LogP contribution in [0.3, 0.4) is 0 Å². The maximum absolute atomic E-state index is 13.1. The molecule has 0 aromatic rings. The largest absolute Gasteiger partial charge is 0.472 e. The number of unbranched alkanes of at least 4 members (excludes halogenated alkanes) is 45. The molecule has 0 aliphatic heterocycles. The van der Waals surface area contributed by atoms with Crippen LogP contribution >= 0.6 is 15.6 Å².